The molecule has 2 heterocycles. The largest absolute Gasteiger partial charge is 0.494 e. The number of carbonyl (C=O) groups excluding carboxylic acids is 2. The normalized spacial score (nSPS) is 14.4. The molecule has 7 heteroatoms. The number of imide groups is 1. The van der Waals surface area contributed by atoms with Gasteiger partial charge in [-0.25, -0.2) is 4.68 Å². The number of amides is 2. The van der Waals surface area contributed by atoms with Crippen LogP contribution in [0.5, 0.6) is 5.75 Å². The summed E-state index contributed by atoms with van der Waals surface area (Å²) in [6.07, 6.45) is 5.03. The molecule has 0 fully saturated rings. The first-order valence-electron chi connectivity index (χ1n) is 14.0. The van der Waals surface area contributed by atoms with E-state index in [2.05, 4.69) is 6.92 Å². The van der Waals surface area contributed by atoms with Crippen LogP contribution in [0.15, 0.2) is 102 Å². The minimum Gasteiger partial charge on any atom is -0.494 e. The summed E-state index contributed by atoms with van der Waals surface area (Å²) < 4.78 is 7.60. The number of nitrogens with zero attached hydrogens (tertiary/aromatic N) is 4. The number of aromatic nitrogens is 2. The van der Waals surface area contributed by atoms with E-state index in [4.69, 9.17) is 9.84 Å². The molecular weight excluding hydrogens is 524 g/mol. The van der Waals surface area contributed by atoms with E-state index in [-0.39, 0.29) is 12.1 Å². The molecule has 4 aromatic rings. The van der Waals surface area contributed by atoms with Gasteiger partial charge in [-0.05, 0) is 79.8 Å². The summed E-state index contributed by atoms with van der Waals surface area (Å²) in [6, 6.07) is 27.3. The third-order valence-electron chi connectivity index (χ3n) is 7.28. The number of benzene rings is 3. The zero-order valence-corrected chi connectivity index (χ0v) is 24.0. The Bertz CT molecular complexity index is 1730. The molecule has 1 aliphatic rings. The molecule has 0 atom stereocenters. The quantitative estimate of drug-likeness (QED) is 0.174. The van der Waals surface area contributed by atoms with Gasteiger partial charge in [0.1, 0.15) is 23.1 Å². The maximum Gasteiger partial charge on any atom is 0.271 e. The number of aryl methyl sites for hydroxylation is 1. The van der Waals surface area contributed by atoms with E-state index in [9.17, 15) is 14.9 Å². The van der Waals surface area contributed by atoms with E-state index in [1.54, 1.807) is 17.7 Å². The van der Waals surface area contributed by atoms with E-state index in [0.29, 0.717) is 35.4 Å². The summed E-state index contributed by atoms with van der Waals surface area (Å²) in [5.41, 5.74) is 5.74. The number of ether oxygens (including phenoxy) is 1. The van der Waals surface area contributed by atoms with E-state index < -0.39 is 11.8 Å². The molecule has 42 heavy (non-hydrogen) atoms. The zero-order valence-electron chi connectivity index (χ0n) is 24.0. The first kappa shape index (κ1) is 28.3. The summed E-state index contributed by atoms with van der Waals surface area (Å²) >= 11 is 0. The molecule has 0 bridgehead atoms. The van der Waals surface area contributed by atoms with Crippen molar-refractivity contribution in [2.75, 3.05) is 13.2 Å². The predicted molar refractivity (Wildman–Crippen MR) is 163 cm³/mol. The Morgan fingerprint density at radius 3 is 2.33 bits per heavy atom. The van der Waals surface area contributed by atoms with Crippen LogP contribution in [0.2, 0.25) is 0 Å². The molecule has 2 amide bonds. The maximum absolute atomic E-state index is 13.8. The Kier molecular flexibility index (Phi) is 8.44. The first-order chi connectivity index (χ1) is 20.4. The predicted octanol–water partition coefficient (Wildman–Crippen LogP) is 6.47. The minimum atomic E-state index is -0.563. The number of para-hydroxylation sites is 1. The Morgan fingerprint density at radius 2 is 1.67 bits per heavy atom. The van der Waals surface area contributed by atoms with E-state index in [1.165, 1.54) is 4.90 Å². The lowest BCUT2D eigenvalue weighted by atomic mass is 9.92. The van der Waals surface area contributed by atoms with Gasteiger partial charge in [-0.3, -0.25) is 14.5 Å². The Balaban J connectivity index is 1.60. The van der Waals surface area contributed by atoms with Crippen LogP contribution >= 0.6 is 0 Å². The lowest BCUT2D eigenvalue weighted by molar-refractivity contribution is -0.140. The lowest BCUT2D eigenvalue weighted by Crippen LogP contribution is -2.43. The van der Waals surface area contributed by atoms with E-state index in [0.717, 1.165) is 34.5 Å². The van der Waals surface area contributed by atoms with Gasteiger partial charge in [0.15, 0.2) is 0 Å². The van der Waals surface area contributed by atoms with Crippen LogP contribution in [0.25, 0.3) is 23.0 Å². The molecule has 0 spiro atoms. The third kappa shape index (κ3) is 5.79. The van der Waals surface area contributed by atoms with Gasteiger partial charge in [-0.2, -0.15) is 10.4 Å². The highest BCUT2D eigenvalue weighted by molar-refractivity contribution is 6.19. The van der Waals surface area contributed by atoms with Crippen LogP contribution in [0.3, 0.4) is 0 Å². The van der Waals surface area contributed by atoms with Gasteiger partial charge in [0.25, 0.3) is 11.8 Å². The van der Waals surface area contributed by atoms with E-state index in [1.807, 2.05) is 98.1 Å². The van der Waals surface area contributed by atoms with Crippen molar-refractivity contribution in [3.05, 3.63) is 118 Å². The molecule has 1 aliphatic heterocycles. The number of carbonyl (C=O) groups is 2. The van der Waals surface area contributed by atoms with Crippen molar-refractivity contribution < 1.29 is 14.3 Å². The van der Waals surface area contributed by atoms with E-state index >= 15 is 0 Å². The minimum absolute atomic E-state index is 0.0282. The average molecular weight is 557 g/mol. The summed E-state index contributed by atoms with van der Waals surface area (Å²) in [4.78, 5) is 28.2. The van der Waals surface area contributed by atoms with Crippen LogP contribution in [0, 0.1) is 18.3 Å². The van der Waals surface area contributed by atoms with Crippen LogP contribution in [-0.2, 0) is 16.0 Å². The first-order valence-corrected chi connectivity index (χ1v) is 14.0. The van der Waals surface area contributed by atoms with Crippen LogP contribution in [0.4, 0.5) is 0 Å². The van der Waals surface area contributed by atoms with Gasteiger partial charge in [0.2, 0.25) is 0 Å². The lowest BCUT2D eigenvalue weighted by Gasteiger charge is -2.27. The van der Waals surface area contributed by atoms with Crippen LogP contribution in [-0.4, -0.2) is 39.6 Å². The number of hydrogen-bond donors (Lipinski definition) is 0. The van der Waals surface area contributed by atoms with Crippen molar-refractivity contribution in [3.8, 4) is 28.8 Å². The topological polar surface area (TPSA) is 88.2 Å². The molecular formula is C35H32N4O3. The molecule has 3 aromatic carbocycles. The van der Waals surface area contributed by atoms with Crippen molar-refractivity contribution in [3.63, 3.8) is 0 Å². The molecule has 7 nitrogen and oxygen atoms in total. The van der Waals surface area contributed by atoms with Gasteiger partial charge in [0.05, 0.1) is 12.3 Å². The van der Waals surface area contributed by atoms with Gasteiger partial charge in [-0.1, -0.05) is 55.5 Å². The number of rotatable bonds is 9. The molecule has 5 rings (SSSR count). The second-order valence-electron chi connectivity index (χ2n) is 10.2. The number of nitriles is 1. The van der Waals surface area contributed by atoms with Gasteiger partial charge < -0.3 is 4.74 Å². The monoisotopic (exact) mass is 556 g/mol. The summed E-state index contributed by atoms with van der Waals surface area (Å²) in [7, 11) is 0. The Morgan fingerprint density at radius 1 is 0.952 bits per heavy atom. The zero-order chi connectivity index (χ0) is 29.6. The van der Waals surface area contributed by atoms with Crippen LogP contribution < -0.4 is 4.74 Å². The molecule has 0 saturated heterocycles. The van der Waals surface area contributed by atoms with Gasteiger partial charge in [0, 0.05) is 29.4 Å². The third-order valence-corrected chi connectivity index (χ3v) is 7.28. The highest BCUT2D eigenvalue weighted by Crippen LogP contribution is 2.33. The van der Waals surface area contributed by atoms with Crippen molar-refractivity contribution in [2.24, 2.45) is 0 Å². The second-order valence-corrected chi connectivity index (χ2v) is 10.2. The molecule has 0 aliphatic carbocycles. The summed E-state index contributed by atoms with van der Waals surface area (Å²) in [5.74, 6) is -0.203. The van der Waals surface area contributed by atoms with Crippen molar-refractivity contribution in [1.82, 2.24) is 14.7 Å². The Hall–Kier alpha value is -5.22. The molecule has 0 radical (unpaired) electrons. The fourth-order valence-corrected chi connectivity index (χ4v) is 5.00. The molecule has 0 unspecified atom stereocenters. The standard InChI is InChI=1S/C35H32N4O3/c1-4-19-42-29-15-16-30(24(2)20-29)33-27(23-39(37-33)28-13-9-6-10-14-28)21-31-25(3)32(22-36)35(41)38(34(31)40)18-17-26-11-7-5-8-12-26/h5-16,20-21,23H,4,17-19H2,1-3H3/b31-21+. The Labute approximate surface area is 246 Å². The molecule has 210 valence electrons. The smallest absolute Gasteiger partial charge is 0.271 e. The fourth-order valence-electron chi connectivity index (χ4n) is 5.00. The molecule has 0 N–H and O–H groups in total. The average Bonchev–Trinajstić information content (AvgIpc) is 3.43. The van der Waals surface area contributed by atoms with Crippen molar-refractivity contribution in [1.29, 1.82) is 5.26 Å². The van der Waals surface area contributed by atoms with Crippen LogP contribution in [0.1, 0.15) is 37.0 Å². The highest BCUT2D eigenvalue weighted by Gasteiger charge is 2.35. The summed E-state index contributed by atoms with van der Waals surface area (Å²) in [5, 5.41) is 14.8. The second kappa shape index (κ2) is 12.5. The summed E-state index contributed by atoms with van der Waals surface area (Å²) in [6.45, 7) is 6.52. The fraction of sp³-hybridized carbons (Fsp3) is 0.200. The van der Waals surface area contributed by atoms with Crippen molar-refractivity contribution in [2.45, 2.75) is 33.6 Å². The molecule has 0 saturated carbocycles. The van der Waals surface area contributed by atoms with Gasteiger partial charge >= 0.3 is 0 Å². The number of hydrogen-bond acceptors (Lipinski definition) is 5. The van der Waals surface area contributed by atoms with Crippen molar-refractivity contribution >= 4 is 17.9 Å². The SMILES string of the molecule is CCCOc1ccc(-c2nn(-c3ccccc3)cc2/C=C2/C(=O)N(CCc3ccccc3)C(=O)C(C#N)=C2C)c(C)c1. The highest BCUT2D eigenvalue weighted by atomic mass is 16.5. The maximum atomic E-state index is 13.8. The molecule has 1 aromatic heterocycles. The van der Waals surface area contributed by atoms with Gasteiger partial charge in [-0.15, -0.1) is 0 Å².